The molecule has 0 fully saturated rings. The lowest BCUT2D eigenvalue weighted by Crippen LogP contribution is -2.12. The molecule has 3 rings (SSSR count). The fourth-order valence-electron chi connectivity index (χ4n) is 1.95. The number of nitro groups is 1. The maximum Gasteiger partial charge on any atom is 0.434 e. The lowest BCUT2D eigenvalue weighted by molar-refractivity contribution is -0.396. The van der Waals surface area contributed by atoms with Crippen molar-refractivity contribution in [1.82, 2.24) is 29.4 Å². The largest absolute Gasteiger partial charge is 0.434 e. The van der Waals surface area contributed by atoms with Gasteiger partial charge in [-0.1, -0.05) is 4.98 Å². The van der Waals surface area contributed by atoms with E-state index < -0.39 is 4.92 Å². The molecule has 0 spiro atoms. The number of fused-ring (bicyclic) bond motifs is 1. The Balaban J connectivity index is 2.21. The molecule has 0 saturated heterocycles. The Labute approximate surface area is 118 Å². The van der Waals surface area contributed by atoms with Crippen molar-refractivity contribution in [2.45, 2.75) is 0 Å². The van der Waals surface area contributed by atoms with Gasteiger partial charge in [-0.05, 0) is 17.1 Å². The molecule has 0 atom stereocenters. The maximum atomic E-state index is 10.9. The molecule has 108 valence electrons. The number of hydrogen-bond acceptors (Lipinski definition) is 7. The van der Waals surface area contributed by atoms with Crippen LogP contribution in [0.1, 0.15) is 0 Å². The Hall–Kier alpha value is -3.04. The molecule has 0 aliphatic rings. The molecular weight excluding hydrogens is 276 g/mol. The third kappa shape index (κ3) is 1.96. The van der Waals surface area contributed by atoms with E-state index in [0.717, 1.165) is 5.82 Å². The zero-order chi connectivity index (χ0) is 15.1. The van der Waals surface area contributed by atoms with E-state index in [4.69, 9.17) is 0 Å². The molecule has 21 heavy (non-hydrogen) atoms. The van der Waals surface area contributed by atoms with Gasteiger partial charge in [0.15, 0.2) is 11.3 Å². The first kappa shape index (κ1) is 13.0. The normalized spacial score (nSPS) is 11.0. The lowest BCUT2D eigenvalue weighted by Gasteiger charge is -2.10. The van der Waals surface area contributed by atoms with Crippen LogP contribution < -0.4 is 4.90 Å². The van der Waals surface area contributed by atoms with Gasteiger partial charge in [-0.2, -0.15) is 4.52 Å². The Kier molecular flexibility index (Phi) is 2.78. The lowest BCUT2D eigenvalue weighted by atomic mass is 10.4. The number of aromatic nitrogens is 6. The summed E-state index contributed by atoms with van der Waals surface area (Å²) in [6, 6.07) is 3.60. The Morgan fingerprint density at radius 1 is 1.29 bits per heavy atom. The number of nitrogens with zero attached hydrogens (tertiary/aromatic N) is 8. The fourth-order valence-corrected chi connectivity index (χ4v) is 1.95. The maximum absolute atomic E-state index is 10.9. The smallest absolute Gasteiger partial charge is 0.390 e. The van der Waals surface area contributed by atoms with Crippen molar-refractivity contribution in [1.29, 1.82) is 0 Å². The molecule has 0 radical (unpaired) electrons. The van der Waals surface area contributed by atoms with E-state index in [0.29, 0.717) is 17.2 Å². The van der Waals surface area contributed by atoms with Crippen LogP contribution in [0.5, 0.6) is 0 Å². The molecule has 3 aromatic rings. The van der Waals surface area contributed by atoms with Gasteiger partial charge < -0.3 is 15.0 Å². The highest BCUT2D eigenvalue weighted by atomic mass is 16.6. The van der Waals surface area contributed by atoms with Crippen LogP contribution in [0.15, 0.2) is 18.3 Å². The minimum absolute atomic E-state index is 0.259. The van der Waals surface area contributed by atoms with Gasteiger partial charge in [-0.3, -0.25) is 0 Å². The molecule has 0 amide bonds. The Bertz CT molecular complexity index is 834. The molecule has 10 heteroatoms. The molecule has 3 aromatic heterocycles. The van der Waals surface area contributed by atoms with Crippen LogP contribution in [-0.4, -0.2) is 48.4 Å². The van der Waals surface area contributed by atoms with Crippen molar-refractivity contribution < 1.29 is 4.92 Å². The van der Waals surface area contributed by atoms with E-state index in [2.05, 4.69) is 20.3 Å². The highest BCUT2D eigenvalue weighted by molar-refractivity contribution is 5.57. The van der Waals surface area contributed by atoms with Crippen molar-refractivity contribution in [2.24, 2.45) is 7.05 Å². The molecule has 0 aliphatic heterocycles. The minimum Gasteiger partial charge on any atom is -0.390 e. The van der Waals surface area contributed by atoms with Gasteiger partial charge in [0.1, 0.15) is 12.0 Å². The van der Waals surface area contributed by atoms with E-state index in [1.54, 1.807) is 13.1 Å². The van der Waals surface area contributed by atoms with Crippen LogP contribution in [0.25, 0.3) is 17.2 Å². The first-order valence-corrected chi connectivity index (χ1v) is 6.05. The minimum atomic E-state index is -0.550. The summed E-state index contributed by atoms with van der Waals surface area (Å²) in [5.74, 6) is 0.863. The van der Waals surface area contributed by atoms with Crippen molar-refractivity contribution in [3.8, 4) is 11.5 Å². The zero-order valence-corrected chi connectivity index (χ0v) is 11.6. The fraction of sp³-hybridized carbons (Fsp3) is 0.273. The summed E-state index contributed by atoms with van der Waals surface area (Å²) in [4.78, 5) is 15.9. The monoisotopic (exact) mass is 288 g/mol. The second-order valence-electron chi connectivity index (χ2n) is 4.64. The summed E-state index contributed by atoms with van der Waals surface area (Å²) >= 11 is 0. The molecular formula is C11H12N8O2. The second kappa shape index (κ2) is 4.51. The van der Waals surface area contributed by atoms with Gasteiger partial charge in [0.2, 0.25) is 5.82 Å². The average molecular weight is 288 g/mol. The van der Waals surface area contributed by atoms with E-state index in [1.807, 2.05) is 25.1 Å². The van der Waals surface area contributed by atoms with Crippen molar-refractivity contribution in [2.75, 3.05) is 19.0 Å². The van der Waals surface area contributed by atoms with Crippen LogP contribution in [0.2, 0.25) is 0 Å². The van der Waals surface area contributed by atoms with Crippen molar-refractivity contribution in [3.63, 3.8) is 0 Å². The molecule has 0 aromatic carbocycles. The van der Waals surface area contributed by atoms with Crippen LogP contribution in [0.3, 0.4) is 0 Å². The summed E-state index contributed by atoms with van der Waals surface area (Å²) in [5, 5.41) is 23.3. The summed E-state index contributed by atoms with van der Waals surface area (Å²) in [5.41, 5.74) is 1.03. The SMILES string of the molecule is CN(C)c1ccc2nnc(-c3cnc([N+](=O)[O-])n3C)n2n1. The molecule has 0 unspecified atom stereocenters. The van der Waals surface area contributed by atoms with Gasteiger partial charge in [0, 0.05) is 14.1 Å². The van der Waals surface area contributed by atoms with Gasteiger partial charge >= 0.3 is 5.95 Å². The standard InChI is InChI=1S/C11H12N8O2/c1-16(2)9-5-4-8-13-14-10(18(8)15-9)7-6-12-11(17(7)3)19(20)21/h4-6H,1-3H3. The molecule has 0 saturated carbocycles. The van der Waals surface area contributed by atoms with Crippen LogP contribution in [0, 0.1) is 10.1 Å². The van der Waals surface area contributed by atoms with Crippen LogP contribution >= 0.6 is 0 Å². The van der Waals surface area contributed by atoms with Crippen molar-refractivity contribution >= 4 is 17.4 Å². The van der Waals surface area contributed by atoms with Crippen LogP contribution in [0.4, 0.5) is 11.8 Å². The molecule has 0 aliphatic carbocycles. The third-order valence-electron chi connectivity index (χ3n) is 3.06. The average Bonchev–Trinajstić information content (AvgIpc) is 3.01. The predicted molar refractivity (Wildman–Crippen MR) is 74.0 cm³/mol. The first-order chi connectivity index (χ1) is 9.99. The van der Waals surface area contributed by atoms with Gasteiger partial charge in [-0.15, -0.1) is 15.3 Å². The van der Waals surface area contributed by atoms with E-state index in [-0.39, 0.29) is 5.95 Å². The van der Waals surface area contributed by atoms with E-state index in [1.165, 1.54) is 15.3 Å². The summed E-state index contributed by atoms with van der Waals surface area (Å²) < 4.78 is 2.89. The van der Waals surface area contributed by atoms with E-state index >= 15 is 0 Å². The van der Waals surface area contributed by atoms with E-state index in [9.17, 15) is 10.1 Å². The molecule has 10 nitrogen and oxygen atoms in total. The van der Waals surface area contributed by atoms with Gasteiger partial charge in [0.05, 0.1) is 7.05 Å². The summed E-state index contributed by atoms with van der Waals surface area (Å²) in [6.45, 7) is 0. The van der Waals surface area contributed by atoms with Gasteiger partial charge in [0.25, 0.3) is 0 Å². The number of anilines is 1. The second-order valence-corrected chi connectivity index (χ2v) is 4.64. The predicted octanol–water partition coefficient (Wildman–Crippen LogP) is 0.499. The van der Waals surface area contributed by atoms with Gasteiger partial charge in [-0.25, -0.2) is 4.57 Å². The number of imidazole rings is 1. The highest BCUT2D eigenvalue weighted by Crippen LogP contribution is 2.22. The number of hydrogen-bond donors (Lipinski definition) is 0. The molecule has 0 bridgehead atoms. The third-order valence-corrected chi connectivity index (χ3v) is 3.06. The van der Waals surface area contributed by atoms with Crippen molar-refractivity contribution in [3.05, 3.63) is 28.4 Å². The quantitative estimate of drug-likeness (QED) is 0.510. The Morgan fingerprint density at radius 2 is 2.05 bits per heavy atom. The molecule has 3 heterocycles. The number of rotatable bonds is 3. The summed E-state index contributed by atoms with van der Waals surface area (Å²) in [7, 11) is 5.29. The first-order valence-electron chi connectivity index (χ1n) is 6.05. The van der Waals surface area contributed by atoms with Crippen LogP contribution in [-0.2, 0) is 7.05 Å². The zero-order valence-electron chi connectivity index (χ0n) is 11.6. The summed E-state index contributed by atoms with van der Waals surface area (Å²) in [6.07, 6.45) is 1.39. The topological polar surface area (TPSA) is 107 Å². The highest BCUT2D eigenvalue weighted by Gasteiger charge is 2.23. The Morgan fingerprint density at radius 3 is 2.67 bits per heavy atom. The molecule has 0 N–H and O–H groups in total.